The van der Waals surface area contributed by atoms with Crippen molar-refractivity contribution < 1.29 is 19.0 Å². The molecular weight excluding hydrogens is 370 g/mol. The number of methoxy groups -OCH3 is 2. The van der Waals surface area contributed by atoms with Gasteiger partial charge in [-0.25, -0.2) is 4.98 Å². The number of hydrogen-bond donors (Lipinski definition) is 2. The molecule has 1 aromatic carbocycles. The number of carbonyl (C=O) groups excluding carboxylic acids is 1. The van der Waals surface area contributed by atoms with Crippen LogP contribution in [0.1, 0.15) is 12.0 Å². The van der Waals surface area contributed by atoms with E-state index in [2.05, 4.69) is 15.6 Å². The molecule has 0 radical (unpaired) electrons. The van der Waals surface area contributed by atoms with E-state index in [-0.39, 0.29) is 5.91 Å². The number of anilines is 1. The number of halogens is 1. The maximum atomic E-state index is 12.0. The van der Waals surface area contributed by atoms with Crippen LogP contribution in [-0.2, 0) is 16.1 Å². The standard InChI is InChI=1S/C19H24ClN3O4/c1-25-9-10-27-19-6-3-14(13-23-19)12-22-18(24)7-8-21-16-11-15(20)4-5-17(16)26-2/h3-6,11,13,21H,7-10,12H2,1-2H3,(H,22,24). The minimum Gasteiger partial charge on any atom is -0.495 e. The Balaban J connectivity index is 1.71. The van der Waals surface area contributed by atoms with Gasteiger partial charge in [0.25, 0.3) is 0 Å². The van der Waals surface area contributed by atoms with Gasteiger partial charge < -0.3 is 24.8 Å². The molecule has 1 aromatic heterocycles. The Morgan fingerprint density at radius 1 is 1.19 bits per heavy atom. The van der Waals surface area contributed by atoms with E-state index in [1.165, 1.54) is 0 Å². The Bertz CT molecular complexity index is 725. The number of pyridine rings is 1. The number of rotatable bonds is 11. The van der Waals surface area contributed by atoms with Gasteiger partial charge in [-0.3, -0.25) is 4.79 Å². The molecule has 1 heterocycles. The number of hydrogen-bond acceptors (Lipinski definition) is 6. The first-order chi connectivity index (χ1) is 13.1. The Kier molecular flexibility index (Phi) is 8.67. The molecule has 0 bridgehead atoms. The van der Waals surface area contributed by atoms with Gasteiger partial charge >= 0.3 is 0 Å². The van der Waals surface area contributed by atoms with Crippen LogP contribution in [0, 0.1) is 0 Å². The van der Waals surface area contributed by atoms with E-state index >= 15 is 0 Å². The molecule has 0 saturated heterocycles. The molecule has 2 aromatic rings. The van der Waals surface area contributed by atoms with E-state index in [1.54, 1.807) is 44.7 Å². The quantitative estimate of drug-likeness (QED) is 0.571. The molecule has 8 heteroatoms. The summed E-state index contributed by atoms with van der Waals surface area (Å²) in [6.45, 7) is 1.83. The SMILES string of the molecule is COCCOc1ccc(CNC(=O)CCNc2cc(Cl)ccc2OC)cn1. The minimum absolute atomic E-state index is 0.0658. The molecular formula is C19H24ClN3O4. The molecule has 0 aliphatic rings. The molecule has 0 saturated carbocycles. The van der Waals surface area contributed by atoms with E-state index < -0.39 is 0 Å². The highest BCUT2D eigenvalue weighted by Crippen LogP contribution is 2.27. The van der Waals surface area contributed by atoms with Gasteiger partial charge in [0.05, 0.1) is 19.4 Å². The third-order valence-electron chi connectivity index (χ3n) is 3.65. The van der Waals surface area contributed by atoms with Gasteiger partial charge in [0.15, 0.2) is 0 Å². The van der Waals surface area contributed by atoms with Crippen molar-refractivity contribution in [2.45, 2.75) is 13.0 Å². The van der Waals surface area contributed by atoms with Gasteiger partial charge in [0.2, 0.25) is 11.8 Å². The summed E-state index contributed by atoms with van der Waals surface area (Å²) in [6, 6.07) is 8.93. The average molecular weight is 394 g/mol. The minimum atomic E-state index is -0.0658. The average Bonchev–Trinajstić information content (AvgIpc) is 2.68. The molecule has 0 aliphatic carbocycles. The molecule has 2 N–H and O–H groups in total. The molecule has 0 spiro atoms. The second-order valence-corrected chi connectivity index (χ2v) is 6.08. The van der Waals surface area contributed by atoms with Gasteiger partial charge in [-0.05, 0) is 23.8 Å². The lowest BCUT2D eigenvalue weighted by Crippen LogP contribution is -2.25. The van der Waals surface area contributed by atoms with Crippen LogP contribution in [0.5, 0.6) is 11.6 Å². The number of nitrogens with one attached hydrogen (secondary N) is 2. The van der Waals surface area contributed by atoms with Crippen molar-refractivity contribution >= 4 is 23.2 Å². The van der Waals surface area contributed by atoms with Crippen LogP contribution in [0.3, 0.4) is 0 Å². The molecule has 0 atom stereocenters. The zero-order chi connectivity index (χ0) is 19.5. The van der Waals surface area contributed by atoms with Crippen LogP contribution in [0.2, 0.25) is 5.02 Å². The van der Waals surface area contributed by atoms with E-state index in [0.29, 0.717) is 49.4 Å². The summed E-state index contributed by atoms with van der Waals surface area (Å²) in [5.74, 6) is 1.14. The number of benzene rings is 1. The fraction of sp³-hybridized carbons (Fsp3) is 0.368. The van der Waals surface area contributed by atoms with Crippen LogP contribution >= 0.6 is 11.6 Å². The van der Waals surface area contributed by atoms with Gasteiger partial charge in [0, 0.05) is 43.9 Å². The van der Waals surface area contributed by atoms with E-state index in [4.69, 9.17) is 25.8 Å². The largest absolute Gasteiger partial charge is 0.495 e. The fourth-order valence-electron chi connectivity index (χ4n) is 2.25. The fourth-order valence-corrected chi connectivity index (χ4v) is 2.42. The highest BCUT2D eigenvalue weighted by Gasteiger charge is 2.06. The normalized spacial score (nSPS) is 10.3. The lowest BCUT2D eigenvalue weighted by atomic mass is 10.2. The number of ether oxygens (including phenoxy) is 3. The van der Waals surface area contributed by atoms with Crippen molar-refractivity contribution in [2.75, 3.05) is 39.3 Å². The van der Waals surface area contributed by atoms with Gasteiger partial charge in [-0.2, -0.15) is 0 Å². The lowest BCUT2D eigenvalue weighted by Gasteiger charge is -2.11. The van der Waals surface area contributed by atoms with Crippen LogP contribution in [0.4, 0.5) is 5.69 Å². The van der Waals surface area contributed by atoms with E-state index in [9.17, 15) is 4.79 Å². The van der Waals surface area contributed by atoms with E-state index in [1.807, 2.05) is 6.07 Å². The van der Waals surface area contributed by atoms with Crippen molar-refractivity contribution in [2.24, 2.45) is 0 Å². The molecule has 2 rings (SSSR count). The highest BCUT2D eigenvalue weighted by molar-refractivity contribution is 6.30. The van der Waals surface area contributed by atoms with Crippen molar-refractivity contribution in [1.29, 1.82) is 0 Å². The zero-order valence-electron chi connectivity index (χ0n) is 15.5. The zero-order valence-corrected chi connectivity index (χ0v) is 16.2. The smallest absolute Gasteiger partial charge is 0.222 e. The van der Waals surface area contributed by atoms with Gasteiger partial charge in [0.1, 0.15) is 12.4 Å². The van der Waals surface area contributed by atoms with Crippen LogP contribution in [0.25, 0.3) is 0 Å². The summed E-state index contributed by atoms with van der Waals surface area (Å²) in [5.41, 5.74) is 1.65. The molecule has 146 valence electrons. The molecule has 0 aliphatic heterocycles. The molecule has 27 heavy (non-hydrogen) atoms. The Morgan fingerprint density at radius 3 is 2.74 bits per heavy atom. The predicted octanol–water partition coefficient (Wildman–Crippen LogP) is 2.89. The monoisotopic (exact) mass is 393 g/mol. The van der Waals surface area contributed by atoms with Crippen molar-refractivity contribution in [3.05, 3.63) is 47.1 Å². The Morgan fingerprint density at radius 2 is 2.04 bits per heavy atom. The number of aromatic nitrogens is 1. The third kappa shape index (κ3) is 7.32. The summed E-state index contributed by atoms with van der Waals surface area (Å²) in [6.07, 6.45) is 2.00. The summed E-state index contributed by atoms with van der Waals surface area (Å²) in [5, 5.41) is 6.62. The third-order valence-corrected chi connectivity index (χ3v) is 3.89. The lowest BCUT2D eigenvalue weighted by molar-refractivity contribution is -0.121. The maximum Gasteiger partial charge on any atom is 0.222 e. The molecule has 0 fully saturated rings. The van der Waals surface area contributed by atoms with E-state index in [0.717, 1.165) is 11.3 Å². The first-order valence-electron chi connectivity index (χ1n) is 8.53. The summed E-state index contributed by atoms with van der Waals surface area (Å²) in [7, 11) is 3.20. The van der Waals surface area contributed by atoms with Crippen molar-refractivity contribution in [3.63, 3.8) is 0 Å². The number of amides is 1. The topological polar surface area (TPSA) is 81.7 Å². The molecule has 0 unspecified atom stereocenters. The number of carbonyl (C=O) groups is 1. The first-order valence-corrected chi connectivity index (χ1v) is 8.91. The highest BCUT2D eigenvalue weighted by atomic mass is 35.5. The van der Waals surface area contributed by atoms with Crippen LogP contribution in [0.15, 0.2) is 36.5 Å². The maximum absolute atomic E-state index is 12.0. The molecule has 7 nitrogen and oxygen atoms in total. The Hall–Kier alpha value is -2.51. The molecule has 1 amide bonds. The first kappa shape index (κ1) is 20.8. The summed E-state index contributed by atoms with van der Waals surface area (Å²) < 4.78 is 15.6. The number of nitrogens with zero attached hydrogens (tertiary/aromatic N) is 1. The van der Waals surface area contributed by atoms with Crippen LogP contribution in [-0.4, -0.2) is 44.9 Å². The second-order valence-electron chi connectivity index (χ2n) is 5.64. The van der Waals surface area contributed by atoms with Gasteiger partial charge in [-0.15, -0.1) is 0 Å². The summed E-state index contributed by atoms with van der Waals surface area (Å²) >= 11 is 5.98. The Labute approximate surface area is 164 Å². The van der Waals surface area contributed by atoms with Crippen LogP contribution < -0.4 is 20.1 Å². The van der Waals surface area contributed by atoms with Crippen molar-refractivity contribution in [3.8, 4) is 11.6 Å². The predicted molar refractivity (Wildman–Crippen MR) is 105 cm³/mol. The summed E-state index contributed by atoms with van der Waals surface area (Å²) in [4.78, 5) is 16.2. The second kappa shape index (κ2) is 11.3. The van der Waals surface area contributed by atoms with Gasteiger partial charge in [-0.1, -0.05) is 17.7 Å². The van der Waals surface area contributed by atoms with Crippen molar-refractivity contribution in [1.82, 2.24) is 10.3 Å².